The summed E-state index contributed by atoms with van der Waals surface area (Å²) in [6, 6.07) is 0. The van der Waals surface area contributed by atoms with E-state index in [0.29, 0.717) is 9.80 Å². The maximum absolute atomic E-state index is 12.6. The van der Waals surface area contributed by atoms with Crippen LogP contribution in [0.2, 0.25) is 0 Å². The lowest BCUT2D eigenvalue weighted by Crippen LogP contribution is -2.42. The lowest BCUT2D eigenvalue weighted by molar-refractivity contribution is -0.195. The smallest absolute Gasteiger partial charge is 0.273 e. The van der Waals surface area contributed by atoms with E-state index in [1.54, 1.807) is 0 Å². The Morgan fingerprint density at radius 3 is 2.10 bits per heavy atom. The molecule has 0 aromatic heterocycles. The van der Waals surface area contributed by atoms with Crippen LogP contribution in [0.25, 0.3) is 0 Å². The molecule has 1 heterocycles. The Bertz CT molecular complexity index is 171. The molecule has 0 aromatic carbocycles. The Kier molecular flexibility index (Phi) is 1.39. The number of hydrogen-bond acceptors (Lipinski definition) is 2. The van der Waals surface area contributed by atoms with Crippen molar-refractivity contribution in [2.24, 2.45) is 0 Å². The summed E-state index contributed by atoms with van der Waals surface area (Å²) < 4.78 is 25.2. The first-order valence-electron chi connectivity index (χ1n) is 2.82. The van der Waals surface area contributed by atoms with Crippen LogP contribution in [0.4, 0.5) is 8.78 Å². The summed E-state index contributed by atoms with van der Waals surface area (Å²) >= 11 is 0. The minimum absolute atomic E-state index is 0.205. The van der Waals surface area contributed by atoms with Gasteiger partial charge in [0.15, 0.2) is 0 Å². The van der Waals surface area contributed by atoms with E-state index in [4.69, 9.17) is 0 Å². The van der Waals surface area contributed by atoms with Crippen LogP contribution in [0.1, 0.15) is 0 Å². The van der Waals surface area contributed by atoms with Crippen molar-refractivity contribution < 1.29 is 13.6 Å². The minimum Gasteiger partial charge on any atom is -0.273 e. The molecule has 0 aliphatic carbocycles. The van der Waals surface area contributed by atoms with Gasteiger partial charge in [0.2, 0.25) is 5.91 Å². The summed E-state index contributed by atoms with van der Waals surface area (Å²) in [5.74, 6) is -0.549. The van der Waals surface area contributed by atoms with Crippen LogP contribution in [0.5, 0.6) is 0 Å². The van der Waals surface area contributed by atoms with Crippen LogP contribution >= 0.6 is 0 Å². The second-order valence-corrected chi connectivity index (χ2v) is 2.32. The normalized spacial score (nSPS) is 26.0. The summed E-state index contributed by atoms with van der Waals surface area (Å²) in [6.45, 7) is -0.205. The van der Waals surface area contributed by atoms with Crippen LogP contribution in [0.15, 0.2) is 0 Å². The molecule has 10 heavy (non-hydrogen) atoms. The predicted octanol–water partition coefficient (Wildman–Crippen LogP) is -0.0595. The van der Waals surface area contributed by atoms with Crippen molar-refractivity contribution in [2.45, 2.75) is 6.17 Å². The molecule has 1 saturated heterocycles. The number of carbonyl (C=O) groups excluding carboxylic acids is 1. The molecule has 0 N–H and O–H groups in total. The van der Waals surface area contributed by atoms with Gasteiger partial charge in [-0.3, -0.25) is 9.69 Å². The molecule has 58 valence electrons. The van der Waals surface area contributed by atoms with Crippen LogP contribution in [0, 0.1) is 0 Å². The van der Waals surface area contributed by atoms with Crippen molar-refractivity contribution in [1.82, 2.24) is 9.80 Å². The molecule has 0 saturated carbocycles. The quantitative estimate of drug-likeness (QED) is 0.452. The van der Waals surface area contributed by atoms with Crippen molar-refractivity contribution in [1.29, 1.82) is 0 Å². The average Bonchev–Trinajstić information content (AvgIpc) is 1.97. The molecule has 1 fully saturated rings. The third-order valence-corrected chi connectivity index (χ3v) is 1.61. The number of likely N-dealkylation sites (N-methyl/N-ethyl adjacent to an activating group) is 2. The highest BCUT2D eigenvalue weighted by Crippen LogP contribution is 2.26. The standard InChI is InChI=1S/C5H8F2N2O/c1-8-3-4(10)9(2)5(8,6)7/h3H2,1-2H3. The van der Waals surface area contributed by atoms with E-state index in [9.17, 15) is 13.6 Å². The molecule has 5 heteroatoms. The van der Waals surface area contributed by atoms with E-state index < -0.39 is 12.1 Å². The zero-order valence-electron chi connectivity index (χ0n) is 5.77. The Hall–Kier alpha value is -0.710. The SMILES string of the molecule is CN1CC(=O)N(C)C1(F)F. The first-order chi connectivity index (χ1) is 4.46. The second-order valence-electron chi connectivity index (χ2n) is 2.32. The largest absolute Gasteiger partial charge is 0.393 e. The van der Waals surface area contributed by atoms with Gasteiger partial charge in [0.25, 0.3) is 0 Å². The van der Waals surface area contributed by atoms with Gasteiger partial charge >= 0.3 is 6.17 Å². The number of nitrogens with zero attached hydrogens (tertiary/aromatic N) is 2. The third kappa shape index (κ3) is 0.775. The number of alkyl halides is 2. The second kappa shape index (κ2) is 1.88. The highest BCUT2D eigenvalue weighted by molar-refractivity contribution is 5.80. The Morgan fingerprint density at radius 1 is 1.50 bits per heavy atom. The van der Waals surface area contributed by atoms with Crippen molar-refractivity contribution >= 4 is 5.91 Å². The summed E-state index contributed by atoms with van der Waals surface area (Å²) in [7, 11) is 2.30. The van der Waals surface area contributed by atoms with Gasteiger partial charge in [-0.15, -0.1) is 0 Å². The molecule has 0 bridgehead atoms. The molecule has 0 aromatic rings. The van der Waals surface area contributed by atoms with Gasteiger partial charge in [0, 0.05) is 7.05 Å². The van der Waals surface area contributed by atoms with Crippen LogP contribution < -0.4 is 0 Å². The topological polar surface area (TPSA) is 23.6 Å². The van der Waals surface area contributed by atoms with Gasteiger partial charge < -0.3 is 0 Å². The lowest BCUT2D eigenvalue weighted by atomic mass is 10.6. The summed E-state index contributed by atoms with van der Waals surface area (Å²) in [6.07, 6.45) is -3.10. The van der Waals surface area contributed by atoms with Gasteiger partial charge in [0.1, 0.15) is 0 Å². The van der Waals surface area contributed by atoms with Crippen molar-refractivity contribution in [3.63, 3.8) is 0 Å². The van der Waals surface area contributed by atoms with Crippen molar-refractivity contribution in [2.75, 3.05) is 20.6 Å². The average molecular weight is 150 g/mol. The molecule has 0 radical (unpaired) electrons. The highest BCUT2D eigenvalue weighted by atomic mass is 19.3. The fraction of sp³-hybridized carbons (Fsp3) is 0.800. The van der Waals surface area contributed by atoms with E-state index in [-0.39, 0.29) is 6.54 Å². The Balaban J connectivity index is 2.85. The number of hydrogen-bond donors (Lipinski definition) is 0. The minimum atomic E-state index is -3.10. The Labute approximate surface area is 57.2 Å². The molecule has 1 amide bonds. The zero-order chi connectivity index (χ0) is 7.94. The van der Waals surface area contributed by atoms with Crippen molar-refractivity contribution in [3.05, 3.63) is 0 Å². The maximum Gasteiger partial charge on any atom is 0.393 e. The maximum atomic E-state index is 12.6. The number of rotatable bonds is 0. The summed E-state index contributed by atoms with van der Waals surface area (Å²) in [5, 5.41) is 0. The predicted molar refractivity (Wildman–Crippen MR) is 30.3 cm³/mol. The van der Waals surface area contributed by atoms with E-state index in [1.165, 1.54) is 7.05 Å². The number of amides is 1. The van der Waals surface area contributed by atoms with Gasteiger partial charge in [-0.05, 0) is 7.05 Å². The Morgan fingerprint density at radius 2 is 2.00 bits per heavy atom. The fourth-order valence-electron chi connectivity index (χ4n) is 0.810. The first kappa shape index (κ1) is 7.40. The lowest BCUT2D eigenvalue weighted by Gasteiger charge is -2.22. The van der Waals surface area contributed by atoms with Gasteiger partial charge in [-0.2, -0.15) is 8.78 Å². The summed E-state index contributed by atoms with van der Waals surface area (Å²) in [5.41, 5.74) is 0. The number of carbonyl (C=O) groups is 1. The van der Waals surface area contributed by atoms with Gasteiger partial charge in [-0.25, -0.2) is 4.90 Å². The van der Waals surface area contributed by atoms with Gasteiger partial charge in [0.05, 0.1) is 6.54 Å². The molecule has 1 rings (SSSR count). The van der Waals surface area contributed by atoms with Crippen molar-refractivity contribution in [3.8, 4) is 0 Å². The number of halogens is 2. The van der Waals surface area contributed by atoms with Crippen LogP contribution in [-0.4, -0.2) is 42.5 Å². The monoisotopic (exact) mass is 150 g/mol. The molecular formula is C5H8F2N2O. The molecule has 0 spiro atoms. The zero-order valence-corrected chi connectivity index (χ0v) is 5.77. The molecular weight excluding hydrogens is 142 g/mol. The van der Waals surface area contributed by atoms with Crippen LogP contribution in [-0.2, 0) is 4.79 Å². The van der Waals surface area contributed by atoms with Gasteiger partial charge in [-0.1, -0.05) is 0 Å². The fourth-order valence-corrected chi connectivity index (χ4v) is 0.810. The first-order valence-corrected chi connectivity index (χ1v) is 2.82. The van der Waals surface area contributed by atoms with E-state index >= 15 is 0 Å². The highest BCUT2D eigenvalue weighted by Gasteiger charge is 2.49. The molecule has 1 aliphatic heterocycles. The molecule has 0 unspecified atom stereocenters. The summed E-state index contributed by atoms with van der Waals surface area (Å²) in [4.78, 5) is 11.7. The van der Waals surface area contributed by atoms with E-state index in [0.717, 1.165) is 7.05 Å². The van der Waals surface area contributed by atoms with Crippen LogP contribution in [0.3, 0.4) is 0 Å². The van der Waals surface area contributed by atoms with E-state index in [2.05, 4.69) is 0 Å². The van der Waals surface area contributed by atoms with E-state index in [1.807, 2.05) is 0 Å². The molecule has 1 aliphatic rings. The molecule has 3 nitrogen and oxygen atoms in total. The molecule has 0 atom stereocenters. The third-order valence-electron chi connectivity index (χ3n) is 1.61.